The minimum absolute atomic E-state index is 0.112. The summed E-state index contributed by atoms with van der Waals surface area (Å²) in [4.78, 5) is 3.90. The van der Waals surface area contributed by atoms with E-state index in [1.165, 1.54) is 25.3 Å². The standard InChI is InChI=1S/C20H18F3N3O3S/c1-29-12-14-8-13(2-5-17(14)21)10-24-20-7-4-16(11-25-20)30(27,28)26-15-3-6-18(22)19(23)9-15/h2-9,11,26H,10,12H2,1H3,(H,24,25). The number of pyridine rings is 1. The normalized spacial score (nSPS) is 11.3. The summed E-state index contributed by atoms with van der Waals surface area (Å²) in [7, 11) is -2.55. The number of sulfonamides is 1. The van der Waals surface area contributed by atoms with Crippen LogP contribution < -0.4 is 10.0 Å². The number of halogens is 3. The van der Waals surface area contributed by atoms with Gasteiger partial charge in [0.25, 0.3) is 10.0 Å². The van der Waals surface area contributed by atoms with Crippen molar-refractivity contribution in [1.82, 2.24) is 4.98 Å². The van der Waals surface area contributed by atoms with Gasteiger partial charge in [0.1, 0.15) is 16.5 Å². The number of nitrogens with one attached hydrogen (secondary N) is 2. The van der Waals surface area contributed by atoms with E-state index in [0.29, 0.717) is 17.9 Å². The maximum atomic E-state index is 13.7. The van der Waals surface area contributed by atoms with Gasteiger partial charge < -0.3 is 10.1 Å². The third kappa shape index (κ3) is 5.28. The third-order valence-electron chi connectivity index (χ3n) is 4.10. The van der Waals surface area contributed by atoms with E-state index in [9.17, 15) is 21.6 Å². The average Bonchev–Trinajstić information content (AvgIpc) is 2.71. The molecule has 1 aromatic heterocycles. The molecule has 3 aromatic rings. The van der Waals surface area contributed by atoms with E-state index < -0.39 is 21.7 Å². The monoisotopic (exact) mass is 437 g/mol. The molecule has 0 spiro atoms. The van der Waals surface area contributed by atoms with Gasteiger partial charge in [-0.1, -0.05) is 6.07 Å². The Morgan fingerprint density at radius 2 is 1.73 bits per heavy atom. The van der Waals surface area contributed by atoms with E-state index in [4.69, 9.17) is 4.74 Å². The van der Waals surface area contributed by atoms with Crippen LogP contribution in [0, 0.1) is 17.5 Å². The van der Waals surface area contributed by atoms with E-state index >= 15 is 0 Å². The molecule has 3 rings (SSSR count). The van der Waals surface area contributed by atoms with Crippen molar-refractivity contribution < 1.29 is 26.3 Å². The lowest BCUT2D eigenvalue weighted by Gasteiger charge is -2.10. The summed E-state index contributed by atoms with van der Waals surface area (Å²) in [5.41, 5.74) is 1.11. The molecule has 0 unspecified atom stereocenters. The Bertz CT molecular complexity index is 1140. The second-order valence-corrected chi connectivity index (χ2v) is 8.01. The van der Waals surface area contributed by atoms with Crippen LogP contribution >= 0.6 is 0 Å². The molecule has 2 aromatic carbocycles. The van der Waals surface area contributed by atoms with Crippen molar-refractivity contribution in [2.45, 2.75) is 18.0 Å². The van der Waals surface area contributed by atoms with Gasteiger partial charge in [0.05, 0.1) is 12.3 Å². The van der Waals surface area contributed by atoms with Gasteiger partial charge >= 0.3 is 0 Å². The second kappa shape index (κ2) is 9.14. The zero-order valence-corrected chi connectivity index (χ0v) is 16.6. The second-order valence-electron chi connectivity index (χ2n) is 6.33. The Hall–Kier alpha value is -3.11. The number of rotatable bonds is 8. The van der Waals surface area contributed by atoms with Gasteiger partial charge in [-0.05, 0) is 42.0 Å². The van der Waals surface area contributed by atoms with Crippen LogP contribution in [-0.2, 0) is 27.9 Å². The SMILES string of the molecule is COCc1cc(CNc2ccc(S(=O)(=O)Nc3ccc(F)c(F)c3)cn2)ccc1F. The Morgan fingerprint density at radius 3 is 2.40 bits per heavy atom. The van der Waals surface area contributed by atoms with Crippen molar-refractivity contribution in [2.24, 2.45) is 0 Å². The summed E-state index contributed by atoms with van der Waals surface area (Å²) < 4.78 is 71.8. The van der Waals surface area contributed by atoms with Gasteiger partial charge in [-0.25, -0.2) is 26.6 Å². The maximum absolute atomic E-state index is 13.7. The van der Waals surface area contributed by atoms with E-state index in [-0.39, 0.29) is 23.0 Å². The Labute approximate surface area is 171 Å². The molecule has 0 bridgehead atoms. The van der Waals surface area contributed by atoms with Crippen molar-refractivity contribution in [1.29, 1.82) is 0 Å². The molecule has 0 aliphatic carbocycles. The lowest BCUT2D eigenvalue weighted by atomic mass is 10.1. The first-order chi connectivity index (χ1) is 14.3. The number of hydrogen-bond acceptors (Lipinski definition) is 5. The van der Waals surface area contributed by atoms with Crippen LogP contribution in [0.1, 0.15) is 11.1 Å². The van der Waals surface area contributed by atoms with Gasteiger partial charge in [-0.15, -0.1) is 0 Å². The number of methoxy groups -OCH3 is 1. The first-order valence-corrected chi connectivity index (χ1v) is 10.2. The topological polar surface area (TPSA) is 80.3 Å². The molecular formula is C20H18F3N3O3S. The summed E-state index contributed by atoms with van der Waals surface area (Å²) in [5, 5.41) is 3.01. The van der Waals surface area contributed by atoms with Crippen LogP contribution in [0.4, 0.5) is 24.7 Å². The predicted octanol–water partition coefficient (Wildman–Crippen LogP) is 4.06. The summed E-state index contributed by atoms with van der Waals surface area (Å²) in [6, 6.07) is 10.1. The predicted molar refractivity (Wildman–Crippen MR) is 106 cm³/mol. The highest BCUT2D eigenvalue weighted by Gasteiger charge is 2.16. The van der Waals surface area contributed by atoms with Gasteiger partial charge in [-0.2, -0.15) is 0 Å². The van der Waals surface area contributed by atoms with Gasteiger partial charge in [0.2, 0.25) is 0 Å². The number of benzene rings is 2. The highest BCUT2D eigenvalue weighted by Crippen LogP contribution is 2.19. The quantitative estimate of drug-likeness (QED) is 0.556. The van der Waals surface area contributed by atoms with Crippen LogP contribution in [-0.4, -0.2) is 20.5 Å². The summed E-state index contributed by atoms with van der Waals surface area (Å²) in [6.07, 6.45) is 1.13. The molecule has 158 valence electrons. The molecule has 2 N–H and O–H groups in total. The Kier molecular flexibility index (Phi) is 6.58. The van der Waals surface area contributed by atoms with Crippen molar-refractivity contribution in [3.8, 4) is 0 Å². The fraction of sp³-hybridized carbons (Fsp3) is 0.150. The summed E-state index contributed by atoms with van der Waals surface area (Å²) in [6.45, 7) is 0.485. The highest BCUT2D eigenvalue weighted by molar-refractivity contribution is 7.92. The summed E-state index contributed by atoms with van der Waals surface area (Å²) in [5.74, 6) is -2.20. The number of aromatic nitrogens is 1. The number of ether oxygens (including phenoxy) is 1. The number of anilines is 2. The van der Waals surface area contributed by atoms with Crippen molar-refractivity contribution in [2.75, 3.05) is 17.1 Å². The third-order valence-corrected chi connectivity index (χ3v) is 5.47. The molecule has 0 aliphatic rings. The molecule has 6 nitrogen and oxygen atoms in total. The fourth-order valence-corrected chi connectivity index (χ4v) is 3.61. The van der Waals surface area contributed by atoms with E-state index in [2.05, 4.69) is 15.0 Å². The lowest BCUT2D eigenvalue weighted by Crippen LogP contribution is -2.14. The molecule has 30 heavy (non-hydrogen) atoms. The first kappa shape index (κ1) is 21.6. The van der Waals surface area contributed by atoms with Crippen molar-refractivity contribution >= 4 is 21.5 Å². The maximum Gasteiger partial charge on any atom is 0.263 e. The van der Waals surface area contributed by atoms with Gasteiger partial charge in [0.15, 0.2) is 11.6 Å². The Morgan fingerprint density at radius 1 is 0.967 bits per heavy atom. The molecule has 1 heterocycles. The molecule has 0 saturated heterocycles. The van der Waals surface area contributed by atoms with Crippen molar-refractivity contribution in [3.05, 3.63) is 83.3 Å². The van der Waals surface area contributed by atoms with E-state index in [1.54, 1.807) is 12.1 Å². The summed E-state index contributed by atoms with van der Waals surface area (Å²) >= 11 is 0. The molecule has 0 amide bonds. The van der Waals surface area contributed by atoms with Crippen LogP contribution in [0.2, 0.25) is 0 Å². The van der Waals surface area contributed by atoms with Crippen LogP contribution in [0.15, 0.2) is 59.6 Å². The lowest BCUT2D eigenvalue weighted by molar-refractivity contribution is 0.181. The van der Waals surface area contributed by atoms with Gasteiger partial charge in [0, 0.05) is 31.5 Å². The van der Waals surface area contributed by atoms with Gasteiger partial charge in [-0.3, -0.25) is 4.72 Å². The molecule has 0 saturated carbocycles. The largest absolute Gasteiger partial charge is 0.380 e. The Balaban J connectivity index is 1.67. The minimum Gasteiger partial charge on any atom is -0.380 e. The first-order valence-electron chi connectivity index (χ1n) is 8.72. The average molecular weight is 437 g/mol. The van der Waals surface area contributed by atoms with Crippen molar-refractivity contribution in [3.63, 3.8) is 0 Å². The van der Waals surface area contributed by atoms with Crippen LogP contribution in [0.5, 0.6) is 0 Å². The number of hydrogen-bond donors (Lipinski definition) is 2. The van der Waals surface area contributed by atoms with Crippen LogP contribution in [0.3, 0.4) is 0 Å². The number of nitrogens with zero attached hydrogens (tertiary/aromatic N) is 1. The molecule has 0 aliphatic heterocycles. The molecule has 10 heteroatoms. The van der Waals surface area contributed by atoms with Crippen LogP contribution in [0.25, 0.3) is 0 Å². The zero-order valence-electron chi connectivity index (χ0n) is 15.8. The molecular weight excluding hydrogens is 419 g/mol. The van der Waals surface area contributed by atoms with E-state index in [0.717, 1.165) is 30.0 Å². The zero-order chi connectivity index (χ0) is 21.7. The van der Waals surface area contributed by atoms with E-state index in [1.807, 2.05) is 0 Å². The molecule has 0 atom stereocenters. The molecule has 0 fully saturated rings. The highest BCUT2D eigenvalue weighted by atomic mass is 32.2. The minimum atomic E-state index is -4.03. The molecule has 0 radical (unpaired) electrons. The smallest absolute Gasteiger partial charge is 0.263 e. The fourth-order valence-electron chi connectivity index (χ4n) is 2.61.